The van der Waals surface area contributed by atoms with Crippen molar-refractivity contribution in [2.75, 3.05) is 18.0 Å². The molecule has 4 rings (SSSR count). The molecule has 1 atom stereocenters. The average molecular weight is 518 g/mol. The van der Waals surface area contributed by atoms with Gasteiger partial charge in [-0.3, -0.25) is 9.59 Å². The van der Waals surface area contributed by atoms with Gasteiger partial charge in [0, 0.05) is 24.2 Å². The zero-order valence-corrected chi connectivity index (χ0v) is 21.1. The first-order valence-corrected chi connectivity index (χ1v) is 13.8. The van der Waals surface area contributed by atoms with E-state index in [0.717, 1.165) is 24.0 Å². The number of hydrogen-bond acceptors (Lipinski definition) is 5. The fourth-order valence-electron chi connectivity index (χ4n) is 5.05. The summed E-state index contributed by atoms with van der Waals surface area (Å²) in [7, 11) is -3.80. The zero-order valence-electron chi connectivity index (χ0n) is 20.2. The second-order valence-corrected chi connectivity index (χ2v) is 11.4. The molecule has 1 fully saturated rings. The normalized spacial score (nSPS) is 20.9. The molecule has 1 aliphatic heterocycles. The largest absolute Gasteiger partial charge is 0.480 e. The summed E-state index contributed by atoms with van der Waals surface area (Å²) in [5.41, 5.74) is 2.42. The van der Waals surface area contributed by atoms with Crippen LogP contribution in [0.1, 0.15) is 56.2 Å². The second-order valence-electron chi connectivity index (χ2n) is 9.66. The molecule has 3 N–H and O–H groups in total. The van der Waals surface area contributed by atoms with Gasteiger partial charge in [-0.05, 0) is 80.8 Å². The number of carboxylic acid groups (broad SMARTS) is 1. The third-order valence-electron chi connectivity index (χ3n) is 7.06. The average Bonchev–Trinajstić information content (AvgIpc) is 2.84. The first-order chi connectivity index (χ1) is 17.1. The molecule has 0 aromatic heterocycles. The number of fused-ring (bicyclic) bond motifs is 1. The van der Waals surface area contributed by atoms with Crippen molar-refractivity contribution in [3.8, 4) is 0 Å². The molecular formula is C26H32FN3O5S. The Morgan fingerprint density at radius 1 is 1.11 bits per heavy atom. The number of nitrogens with one attached hydrogen (secondary N) is 2. The Hall–Kier alpha value is -2.98. The molecule has 1 amide bonds. The lowest BCUT2D eigenvalue weighted by Gasteiger charge is -2.31. The van der Waals surface area contributed by atoms with Crippen molar-refractivity contribution in [2.24, 2.45) is 5.92 Å². The standard InChI is InChI=1S/C26H32FN3O5S/c1-17(18-4-9-21(27)10-5-18)28-26(33)20-6-11-22(12-7-20)29-36(34,35)23-13-8-19-3-2-14-30(16-25(31)32)24(19)15-23/h4-5,8-10,13,15,17,20,22,29H,2-3,6-7,11-12,14,16H2,1H3,(H,28,33)(H,31,32)/t17-,20?,22?/m1/s1. The molecule has 0 bridgehead atoms. The Labute approximate surface area is 210 Å². The van der Waals surface area contributed by atoms with Crippen LogP contribution in [0, 0.1) is 11.7 Å². The van der Waals surface area contributed by atoms with Crippen molar-refractivity contribution in [3.63, 3.8) is 0 Å². The summed E-state index contributed by atoms with van der Waals surface area (Å²) in [6.07, 6.45) is 3.81. The molecule has 2 aliphatic rings. The van der Waals surface area contributed by atoms with Crippen molar-refractivity contribution in [2.45, 2.75) is 62.4 Å². The van der Waals surface area contributed by atoms with Gasteiger partial charge in [-0.15, -0.1) is 0 Å². The molecule has 1 heterocycles. The van der Waals surface area contributed by atoms with Gasteiger partial charge in [0.25, 0.3) is 0 Å². The second kappa shape index (κ2) is 11.0. The van der Waals surface area contributed by atoms with Gasteiger partial charge in [0.05, 0.1) is 10.9 Å². The van der Waals surface area contributed by atoms with E-state index in [1.165, 1.54) is 12.1 Å². The molecule has 0 radical (unpaired) electrons. The van der Waals surface area contributed by atoms with Crippen LogP contribution in [0.4, 0.5) is 10.1 Å². The van der Waals surface area contributed by atoms with Crippen LogP contribution < -0.4 is 14.9 Å². The molecule has 0 unspecified atom stereocenters. The number of rotatable bonds is 8. The van der Waals surface area contributed by atoms with Crippen molar-refractivity contribution in [1.82, 2.24) is 10.0 Å². The van der Waals surface area contributed by atoms with Crippen LogP contribution >= 0.6 is 0 Å². The number of sulfonamides is 1. The van der Waals surface area contributed by atoms with Crippen LogP contribution in [-0.4, -0.2) is 44.5 Å². The Balaban J connectivity index is 1.34. The van der Waals surface area contributed by atoms with Gasteiger partial charge in [0.15, 0.2) is 0 Å². The Morgan fingerprint density at radius 2 is 1.81 bits per heavy atom. The van der Waals surface area contributed by atoms with Gasteiger partial charge in [-0.1, -0.05) is 18.2 Å². The van der Waals surface area contributed by atoms with Crippen LogP contribution in [0.3, 0.4) is 0 Å². The monoisotopic (exact) mass is 517 g/mol. The smallest absolute Gasteiger partial charge is 0.323 e. The van der Waals surface area contributed by atoms with Crippen molar-refractivity contribution >= 4 is 27.6 Å². The summed E-state index contributed by atoms with van der Waals surface area (Å²) in [6, 6.07) is 10.4. The van der Waals surface area contributed by atoms with Gasteiger partial charge < -0.3 is 15.3 Å². The molecule has 1 saturated carbocycles. The highest BCUT2D eigenvalue weighted by Crippen LogP contribution is 2.31. The SMILES string of the molecule is C[C@@H](NC(=O)C1CCC(NS(=O)(=O)c2ccc3c(c2)N(CC(=O)O)CCC3)CC1)c1ccc(F)cc1. The summed E-state index contributed by atoms with van der Waals surface area (Å²) < 4.78 is 42.1. The predicted octanol–water partition coefficient (Wildman–Crippen LogP) is 3.38. The van der Waals surface area contributed by atoms with E-state index in [1.54, 1.807) is 35.2 Å². The minimum absolute atomic E-state index is 0.0821. The number of benzene rings is 2. The number of amides is 1. The number of aliphatic carboxylic acids is 1. The summed E-state index contributed by atoms with van der Waals surface area (Å²) in [6.45, 7) is 2.25. The highest BCUT2D eigenvalue weighted by atomic mass is 32.2. The molecule has 36 heavy (non-hydrogen) atoms. The number of aryl methyl sites for hydroxylation is 1. The van der Waals surface area contributed by atoms with E-state index in [4.69, 9.17) is 0 Å². The topological polar surface area (TPSA) is 116 Å². The first-order valence-electron chi connectivity index (χ1n) is 12.3. The Morgan fingerprint density at radius 3 is 2.47 bits per heavy atom. The van der Waals surface area contributed by atoms with Crippen molar-refractivity contribution in [1.29, 1.82) is 0 Å². The van der Waals surface area contributed by atoms with E-state index in [1.807, 2.05) is 6.92 Å². The number of carboxylic acids is 1. The van der Waals surface area contributed by atoms with Crippen LogP contribution in [0.5, 0.6) is 0 Å². The minimum atomic E-state index is -3.80. The fourth-order valence-corrected chi connectivity index (χ4v) is 6.38. The van der Waals surface area contributed by atoms with Gasteiger partial charge in [-0.25, -0.2) is 17.5 Å². The minimum Gasteiger partial charge on any atom is -0.480 e. The number of halogens is 1. The third-order valence-corrected chi connectivity index (χ3v) is 8.57. The summed E-state index contributed by atoms with van der Waals surface area (Å²) >= 11 is 0. The van der Waals surface area contributed by atoms with Gasteiger partial charge in [-0.2, -0.15) is 0 Å². The lowest BCUT2D eigenvalue weighted by molar-refractivity contribution is -0.135. The molecule has 0 saturated heterocycles. The quantitative estimate of drug-likeness (QED) is 0.495. The molecule has 2 aromatic rings. The number of anilines is 1. The van der Waals surface area contributed by atoms with Crippen molar-refractivity contribution in [3.05, 3.63) is 59.4 Å². The predicted molar refractivity (Wildman–Crippen MR) is 134 cm³/mol. The van der Waals surface area contributed by atoms with Crippen LogP contribution in [0.2, 0.25) is 0 Å². The molecule has 194 valence electrons. The highest BCUT2D eigenvalue weighted by molar-refractivity contribution is 7.89. The third kappa shape index (κ3) is 6.22. The van der Waals surface area contributed by atoms with E-state index >= 15 is 0 Å². The zero-order chi connectivity index (χ0) is 25.9. The molecule has 10 heteroatoms. The number of carbonyl (C=O) groups excluding carboxylic acids is 1. The van der Waals surface area contributed by atoms with Gasteiger partial charge >= 0.3 is 5.97 Å². The number of nitrogens with zero attached hydrogens (tertiary/aromatic N) is 1. The van der Waals surface area contributed by atoms with E-state index in [9.17, 15) is 27.5 Å². The first kappa shape index (κ1) is 26.1. The molecule has 2 aromatic carbocycles. The summed E-state index contributed by atoms with van der Waals surface area (Å²) in [5.74, 6) is -1.57. The Kier molecular flexibility index (Phi) is 7.94. The highest BCUT2D eigenvalue weighted by Gasteiger charge is 2.30. The molecule has 1 aliphatic carbocycles. The van der Waals surface area contributed by atoms with E-state index in [2.05, 4.69) is 10.0 Å². The Bertz CT molecular complexity index is 1210. The maximum absolute atomic E-state index is 13.1. The molecule has 0 spiro atoms. The van der Waals surface area contributed by atoms with Crippen LogP contribution in [0.15, 0.2) is 47.4 Å². The maximum Gasteiger partial charge on any atom is 0.323 e. The van der Waals surface area contributed by atoms with Crippen molar-refractivity contribution < 1.29 is 27.5 Å². The maximum atomic E-state index is 13.1. The van der Waals surface area contributed by atoms with E-state index in [-0.39, 0.29) is 41.2 Å². The van der Waals surface area contributed by atoms with Gasteiger partial charge in [0.1, 0.15) is 12.4 Å². The molecular weight excluding hydrogens is 485 g/mol. The van der Waals surface area contributed by atoms with Crippen LogP contribution in [0.25, 0.3) is 0 Å². The summed E-state index contributed by atoms with van der Waals surface area (Å²) in [5, 5.41) is 12.2. The van der Waals surface area contributed by atoms with E-state index < -0.39 is 16.0 Å². The van der Waals surface area contributed by atoms with Crippen LogP contribution in [-0.2, 0) is 26.0 Å². The van der Waals surface area contributed by atoms with Gasteiger partial charge in [0.2, 0.25) is 15.9 Å². The number of carbonyl (C=O) groups is 2. The fraction of sp³-hybridized carbons (Fsp3) is 0.462. The molecule has 8 nitrogen and oxygen atoms in total. The lowest BCUT2D eigenvalue weighted by atomic mass is 9.85. The van der Waals surface area contributed by atoms with E-state index in [0.29, 0.717) is 37.9 Å². The number of hydrogen-bond donors (Lipinski definition) is 3. The lowest BCUT2D eigenvalue weighted by Crippen LogP contribution is -2.41. The summed E-state index contributed by atoms with van der Waals surface area (Å²) in [4.78, 5) is 25.8.